The van der Waals surface area contributed by atoms with E-state index in [9.17, 15) is 19.2 Å². The Bertz CT molecular complexity index is 1670. The summed E-state index contributed by atoms with van der Waals surface area (Å²) >= 11 is 6.79. The molecule has 6 atom stereocenters. The van der Waals surface area contributed by atoms with E-state index in [0.717, 1.165) is 23.3 Å². The van der Waals surface area contributed by atoms with Crippen molar-refractivity contribution in [2.45, 2.75) is 133 Å². The van der Waals surface area contributed by atoms with Crippen LogP contribution in [0.2, 0.25) is 5.02 Å². The Morgan fingerprint density at radius 3 is 1.73 bits per heavy atom. The molecule has 2 fully saturated rings. The lowest BCUT2D eigenvalue weighted by molar-refractivity contribution is -0.262. The minimum atomic E-state index is -1.36. The highest BCUT2D eigenvalue weighted by molar-refractivity contribution is 6.31. The number of hydrogen-bond acceptors (Lipinski definition) is 11. The third kappa shape index (κ3) is 11.9. The van der Waals surface area contributed by atoms with Crippen LogP contribution in [0.25, 0.3) is 0 Å². The summed E-state index contributed by atoms with van der Waals surface area (Å²) in [4.78, 5) is 54.0. The van der Waals surface area contributed by atoms with Crippen LogP contribution in [-0.4, -0.2) is 74.2 Å². The maximum Gasteiger partial charge on any atom is 0.311 e. The molecule has 0 aromatic heterocycles. The molecule has 2 saturated heterocycles. The minimum Gasteiger partial charge on any atom is -0.488 e. The maximum absolute atomic E-state index is 13.7. The summed E-state index contributed by atoms with van der Waals surface area (Å²) in [5.74, 6) is -1.61. The van der Waals surface area contributed by atoms with Gasteiger partial charge in [0, 0.05) is 11.4 Å². The minimum absolute atomic E-state index is 0.0247. The van der Waals surface area contributed by atoms with Crippen molar-refractivity contribution in [3.63, 3.8) is 0 Å². The van der Waals surface area contributed by atoms with Crippen molar-refractivity contribution in [1.82, 2.24) is 0 Å². The Hall–Kier alpha value is -3.67. The Labute approximate surface area is 331 Å². The van der Waals surface area contributed by atoms with Crippen LogP contribution in [0.4, 0.5) is 0 Å². The van der Waals surface area contributed by atoms with Gasteiger partial charge in [-0.15, -0.1) is 0 Å². The Morgan fingerprint density at radius 1 is 0.691 bits per heavy atom. The Morgan fingerprint density at radius 2 is 1.22 bits per heavy atom. The standard InChI is InChI=1S/C43H59ClO11/c1-40(2,3)36(45)50-24-31-33(53-37(46)41(4,5)6)35(55-39(48)43(10,11)12)34(54-38(47)42(7,8)9)32(52-31)26-15-18-30(44)27(22-26)21-25-13-16-28(17-14-25)51-29-19-20-49-23-29/h13-18,22,29,31-35H,19-21,23-24H2,1-12H3/t29-,31-,32-,33-,34+,35+/m1/s1. The van der Waals surface area contributed by atoms with Crippen LogP contribution in [0, 0.1) is 21.7 Å². The predicted molar refractivity (Wildman–Crippen MR) is 207 cm³/mol. The second-order valence-corrected chi connectivity index (χ2v) is 19.0. The summed E-state index contributed by atoms with van der Waals surface area (Å²) in [6, 6.07) is 13.1. The molecule has 2 aromatic rings. The SMILES string of the molecule is CC(C)(C)C(=O)OC[C@H]1O[C@H](c2ccc(Cl)c(Cc3ccc(O[C@@H]4CCOC4)cc3)c2)[C@H](OC(=O)C(C)(C)C)[C@@H](OC(=O)C(C)(C)C)[C@@H]1OC(=O)C(C)(C)C. The monoisotopic (exact) mass is 786 g/mol. The Balaban J connectivity index is 1.81. The van der Waals surface area contributed by atoms with Gasteiger partial charge in [-0.25, -0.2) is 0 Å². The molecule has 0 radical (unpaired) electrons. The third-order valence-corrected chi connectivity index (χ3v) is 9.47. The van der Waals surface area contributed by atoms with Crippen molar-refractivity contribution in [2.24, 2.45) is 21.7 Å². The molecular weight excluding hydrogens is 728 g/mol. The number of esters is 4. The van der Waals surface area contributed by atoms with Gasteiger partial charge in [0.15, 0.2) is 18.3 Å². The largest absolute Gasteiger partial charge is 0.488 e. The fourth-order valence-corrected chi connectivity index (χ4v) is 5.79. The number of carbonyl (C=O) groups excluding carboxylic acids is 4. The van der Waals surface area contributed by atoms with E-state index in [-0.39, 0.29) is 12.7 Å². The lowest BCUT2D eigenvalue weighted by Crippen LogP contribution is -2.61. The van der Waals surface area contributed by atoms with E-state index in [1.807, 2.05) is 30.3 Å². The zero-order chi connectivity index (χ0) is 41.1. The van der Waals surface area contributed by atoms with E-state index in [4.69, 9.17) is 44.8 Å². The highest BCUT2D eigenvalue weighted by atomic mass is 35.5. The molecule has 4 rings (SSSR count). The van der Waals surface area contributed by atoms with Gasteiger partial charge in [0.1, 0.15) is 30.7 Å². The first-order valence-electron chi connectivity index (χ1n) is 18.9. The quantitative estimate of drug-likeness (QED) is 0.171. The van der Waals surface area contributed by atoms with Crippen molar-refractivity contribution in [1.29, 1.82) is 0 Å². The molecule has 2 aliphatic heterocycles. The molecule has 304 valence electrons. The number of rotatable bonds is 10. The molecule has 55 heavy (non-hydrogen) atoms. The molecule has 0 spiro atoms. The van der Waals surface area contributed by atoms with Crippen LogP contribution in [0.1, 0.15) is 112 Å². The molecule has 0 saturated carbocycles. The fourth-order valence-electron chi connectivity index (χ4n) is 5.61. The zero-order valence-corrected chi connectivity index (χ0v) is 35.2. The fraction of sp³-hybridized carbons (Fsp3) is 0.628. The molecule has 2 aliphatic rings. The lowest BCUT2D eigenvalue weighted by Gasteiger charge is -2.46. The summed E-state index contributed by atoms with van der Waals surface area (Å²) in [5.41, 5.74) is -1.51. The maximum atomic E-state index is 13.7. The van der Waals surface area contributed by atoms with Crippen LogP contribution in [-0.2, 0) is 54.0 Å². The van der Waals surface area contributed by atoms with Crippen molar-refractivity contribution >= 4 is 35.5 Å². The number of ether oxygens (including phenoxy) is 7. The van der Waals surface area contributed by atoms with Gasteiger partial charge in [-0.2, -0.15) is 0 Å². The van der Waals surface area contributed by atoms with E-state index < -0.39 is 76.1 Å². The van der Waals surface area contributed by atoms with Crippen LogP contribution >= 0.6 is 11.6 Å². The van der Waals surface area contributed by atoms with Gasteiger partial charge in [0.05, 0.1) is 34.9 Å². The van der Waals surface area contributed by atoms with E-state index in [1.54, 1.807) is 95.2 Å². The summed E-state index contributed by atoms with van der Waals surface area (Å²) in [6.07, 6.45) is -4.89. The number of benzene rings is 2. The predicted octanol–water partition coefficient (Wildman–Crippen LogP) is 8.00. The molecule has 0 unspecified atom stereocenters. The summed E-state index contributed by atoms with van der Waals surface area (Å²) in [7, 11) is 0. The van der Waals surface area contributed by atoms with Crippen molar-refractivity contribution < 1.29 is 52.3 Å². The van der Waals surface area contributed by atoms with Crippen LogP contribution < -0.4 is 4.74 Å². The van der Waals surface area contributed by atoms with Gasteiger partial charge in [0.25, 0.3) is 0 Å². The molecular formula is C43H59ClO11. The third-order valence-electron chi connectivity index (χ3n) is 9.10. The van der Waals surface area contributed by atoms with Gasteiger partial charge in [-0.05, 0) is 124 Å². The van der Waals surface area contributed by atoms with Crippen molar-refractivity contribution in [3.8, 4) is 5.75 Å². The first-order valence-corrected chi connectivity index (χ1v) is 19.3. The molecule has 0 bridgehead atoms. The average molecular weight is 787 g/mol. The molecule has 2 aromatic carbocycles. The average Bonchev–Trinajstić information content (AvgIpc) is 3.58. The summed E-state index contributed by atoms with van der Waals surface area (Å²) in [5, 5.41) is 0.495. The molecule has 0 aliphatic carbocycles. The van der Waals surface area contributed by atoms with E-state index in [1.165, 1.54) is 0 Å². The van der Waals surface area contributed by atoms with Crippen LogP contribution in [0.5, 0.6) is 5.75 Å². The van der Waals surface area contributed by atoms with Crippen molar-refractivity contribution in [3.05, 3.63) is 64.2 Å². The van der Waals surface area contributed by atoms with Gasteiger partial charge >= 0.3 is 23.9 Å². The molecule has 12 heteroatoms. The van der Waals surface area contributed by atoms with Gasteiger partial charge in [0.2, 0.25) is 0 Å². The molecule has 2 heterocycles. The second kappa shape index (κ2) is 17.2. The number of carbonyl (C=O) groups is 4. The highest BCUT2D eigenvalue weighted by Gasteiger charge is 2.55. The molecule has 11 nitrogen and oxygen atoms in total. The van der Waals surface area contributed by atoms with Gasteiger partial charge in [-0.3, -0.25) is 19.2 Å². The zero-order valence-electron chi connectivity index (χ0n) is 34.4. The van der Waals surface area contributed by atoms with Crippen LogP contribution in [0.3, 0.4) is 0 Å². The highest BCUT2D eigenvalue weighted by Crippen LogP contribution is 2.41. The molecule has 0 N–H and O–H groups in total. The van der Waals surface area contributed by atoms with Crippen LogP contribution in [0.15, 0.2) is 42.5 Å². The molecule has 0 amide bonds. The Kier molecular flexibility index (Phi) is 13.8. The normalized spacial score (nSPS) is 23.4. The topological polar surface area (TPSA) is 133 Å². The van der Waals surface area contributed by atoms with Crippen molar-refractivity contribution in [2.75, 3.05) is 19.8 Å². The van der Waals surface area contributed by atoms with Gasteiger partial charge in [-0.1, -0.05) is 35.9 Å². The lowest BCUT2D eigenvalue weighted by atomic mass is 9.87. The summed E-state index contributed by atoms with van der Waals surface area (Å²) < 4.78 is 42.5. The number of halogens is 1. The van der Waals surface area contributed by atoms with E-state index in [2.05, 4.69) is 0 Å². The first-order chi connectivity index (χ1) is 25.3. The van der Waals surface area contributed by atoms with E-state index >= 15 is 0 Å². The summed E-state index contributed by atoms with van der Waals surface area (Å²) in [6.45, 7) is 21.3. The number of hydrogen-bond donors (Lipinski definition) is 0. The van der Waals surface area contributed by atoms with E-state index in [0.29, 0.717) is 30.2 Å². The second-order valence-electron chi connectivity index (χ2n) is 18.6. The smallest absolute Gasteiger partial charge is 0.311 e. The van der Waals surface area contributed by atoms with Gasteiger partial charge < -0.3 is 33.2 Å². The first kappa shape index (κ1) is 44.0.